The van der Waals surface area contributed by atoms with E-state index in [-0.39, 0.29) is 12.8 Å². The largest absolute Gasteiger partial charge is 0.460 e. The summed E-state index contributed by atoms with van der Waals surface area (Å²) in [5, 5.41) is 5.15. The molecule has 0 aliphatic heterocycles. The van der Waals surface area contributed by atoms with Gasteiger partial charge in [0.1, 0.15) is 28.9 Å². The van der Waals surface area contributed by atoms with E-state index >= 15 is 0 Å². The fraction of sp³-hybridized carbons (Fsp3) is 0.840. The lowest BCUT2D eigenvalue weighted by molar-refractivity contribution is -0.160. The van der Waals surface area contributed by atoms with Gasteiger partial charge in [0.2, 0.25) is 0 Å². The summed E-state index contributed by atoms with van der Waals surface area (Å²) in [5.41, 5.74) is 3.40. The molecule has 0 bridgehead atoms. The van der Waals surface area contributed by atoms with Crippen molar-refractivity contribution in [1.29, 1.82) is 0 Å². The number of carbonyl (C=O) groups excluding carboxylic acids is 4. The van der Waals surface area contributed by atoms with Crippen LogP contribution in [0, 0.1) is 0 Å². The van der Waals surface area contributed by atoms with Gasteiger partial charge >= 0.3 is 23.9 Å². The summed E-state index contributed by atoms with van der Waals surface area (Å²) in [5.74, 6) is -1.75. The van der Waals surface area contributed by atoms with E-state index in [9.17, 15) is 19.2 Å². The third-order valence-electron chi connectivity index (χ3n) is 4.82. The molecule has 0 aromatic heterocycles. The summed E-state index contributed by atoms with van der Waals surface area (Å²) in [6.07, 6.45) is 2.10. The number of esters is 3. The fourth-order valence-electron chi connectivity index (χ4n) is 2.79. The van der Waals surface area contributed by atoms with Crippen LogP contribution in [0.25, 0.3) is 0 Å². The van der Waals surface area contributed by atoms with Crippen LogP contribution < -0.4 is 16.4 Å². The Balaban J connectivity index is 5.43. The standard InChI is InChI=1S/C25H47N3O7/c1-10-25(8,9)35-21(31)17(13-11-12-16-26)27-22(32)28-18(20(30)34-24(5,6)7)14-15-19(29)33-23(2,3)4/h17-18H,10-16,26H2,1-9H3,(H2,27,28,32)/t17-,18-/m0/s1. The lowest BCUT2D eigenvalue weighted by atomic mass is 10.1. The Bertz CT molecular complexity index is 709. The maximum atomic E-state index is 12.8. The number of carbonyl (C=O) groups is 4. The highest BCUT2D eigenvalue weighted by Crippen LogP contribution is 2.17. The van der Waals surface area contributed by atoms with E-state index < -0.39 is 52.8 Å². The van der Waals surface area contributed by atoms with Gasteiger partial charge in [0.25, 0.3) is 0 Å². The summed E-state index contributed by atoms with van der Waals surface area (Å²) in [6.45, 7) is 16.3. The van der Waals surface area contributed by atoms with Crippen molar-refractivity contribution in [3.8, 4) is 0 Å². The van der Waals surface area contributed by atoms with Crippen molar-refractivity contribution in [2.45, 2.75) is 130 Å². The van der Waals surface area contributed by atoms with Gasteiger partial charge in [0.05, 0.1) is 0 Å². The number of urea groups is 1. The molecule has 0 rings (SSSR count). The average molecular weight is 502 g/mol. The van der Waals surface area contributed by atoms with Crippen LogP contribution in [-0.2, 0) is 28.6 Å². The van der Waals surface area contributed by atoms with Gasteiger partial charge in [-0.1, -0.05) is 6.92 Å². The number of unbranched alkanes of at least 4 members (excludes halogenated alkanes) is 1. The molecule has 0 aromatic rings. The molecule has 10 heteroatoms. The zero-order valence-electron chi connectivity index (χ0n) is 23.0. The van der Waals surface area contributed by atoms with Crippen molar-refractivity contribution in [1.82, 2.24) is 10.6 Å². The number of ether oxygens (including phenoxy) is 3. The van der Waals surface area contributed by atoms with Crippen LogP contribution in [0.4, 0.5) is 4.79 Å². The minimum absolute atomic E-state index is 0.0254. The maximum Gasteiger partial charge on any atom is 0.329 e. The Morgan fingerprint density at radius 2 is 1.23 bits per heavy atom. The number of nitrogens with one attached hydrogen (secondary N) is 2. The Kier molecular flexibility index (Phi) is 13.3. The van der Waals surface area contributed by atoms with E-state index in [1.54, 1.807) is 55.4 Å². The third-order valence-corrected chi connectivity index (χ3v) is 4.82. The minimum atomic E-state index is -1.12. The van der Waals surface area contributed by atoms with Crippen molar-refractivity contribution in [3.63, 3.8) is 0 Å². The van der Waals surface area contributed by atoms with Gasteiger partial charge in [-0.2, -0.15) is 0 Å². The Morgan fingerprint density at radius 1 is 0.743 bits per heavy atom. The molecule has 4 N–H and O–H groups in total. The van der Waals surface area contributed by atoms with Gasteiger partial charge in [-0.15, -0.1) is 0 Å². The fourth-order valence-corrected chi connectivity index (χ4v) is 2.79. The van der Waals surface area contributed by atoms with Gasteiger partial charge in [0, 0.05) is 6.42 Å². The maximum absolute atomic E-state index is 12.8. The Morgan fingerprint density at radius 3 is 1.69 bits per heavy atom. The van der Waals surface area contributed by atoms with Crippen LogP contribution in [0.1, 0.15) is 101 Å². The first-order valence-electron chi connectivity index (χ1n) is 12.3. The van der Waals surface area contributed by atoms with Crippen LogP contribution in [-0.4, -0.2) is 59.4 Å². The highest BCUT2D eigenvalue weighted by atomic mass is 16.6. The first-order valence-corrected chi connectivity index (χ1v) is 12.3. The molecule has 2 atom stereocenters. The molecule has 0 aliphatic carbocycles. The molecule has 35 heavy (non-hydrogen) atoms. The molecule has 0 fully saturated rings. The van der Waals surface area contributed by atoms with Crippen molar-refractivity contribution >= 4 is 23.9 Å². The first-order chi connectivity index (χ1) is 15.9. The van der Waals surface area contributed by atoms with Gasteiger partial charge < -0.3 is 30.6 Å². The normalized spacial score (nSPS) is 13.9. The summed E-state index contributed by atoms with van der Waals surface area (Å²) >= 11 is 0. The topological polar surface area (TPSA) is 146 Å². The molecule has 0 radical (unpaired) electrons. The van der Waals surface area contributed by atoms with E-state index in [4.69, 9.17) is 19.9 Å². The smallest absolute Gasteiger partial charge is 0.329 e. The molecule has 0 saturated carbocycles. The molecule has 0 unspecified atom stereocenters. The van der Waals surface area contributed by atoms with Crippen LogP contribution in [0.2, 0.25) is 0 Å². The Labute approximate surface area is 210 Å². The number of hydrogen-bond acceptors (Lipinski definition) is 8. The number of hydrogen-bond donors (Lipinski definition) is 3. The molecule has 0 spiro atoms. The molecule has 0 aromatic carbocycles. The summed E-state index contributed by atoms with van der Waals surface area (Å²) in [4.78, 5) is 50.4. The van der Waals surface area contributed by atoms with Crippen LogP contribution in [0.15, 0.2) is 0 Å². The summed E-state index contributed by atoms with van der Waals surface area (Å²) in [6, 6.07) is -2.78. The second-order valence-electron chi connectivity index (χ2n) is 11.2. The van der Waals surface area contributed by atoms with E-state index in [0.29, 0.717) is 32.2 Å². The SMILES string of the molecule is CCC(C)(C)OC(=O)[C@H](CCCCN)NC(=O)N[C@@H](CCC(=O)OC(C)(C)C)C(=O)OC(C)(C)C. The first kappa shape index (κ1) is 32.6. The van der Waals surface area contributed by atoms with Crippen molar-refractivity contribution in [2.75, 3.05) is 6.54 Å². The molecule has 0 aliphatic rings. The Hall–Kier alpha value is -2.36. The molecular weight excluding hydrogens is 454 g/mol. The van der Waals surface area contributed by atoms with Gasteiger partial charge in [-0.05, 0) is 94.0 Å². The highest BCUT2D eigenvalue weighted by molar-refractivity contribution is 5.87. The van der Waals surface area contributed by atoms with Gasteiger partial charge in [-0.3, -0.25) is 4.79 Å². The quantitative estimate of drug-likeness (QED) is 0.198. The average Bonchev–Trinajstić information content (AvgIpc) is 2.67. The van der Waals surface area contributed by atoms with Crippen LogP contribution in [0.3, 0.4) is 0 Å². The highest BCUT2D eigenvalue weighted by Gasteiger charge is 2.31. The predicted molar refractivity (Wildman–Crippen MR) is 134 cm³/mol. The summed E-state index contributed by atoms with van der Waals surface area (Å²) in [7, 11) is 0. The van der Waals surface area contributed by atoms with Crippen LogP contribution >= 0.6 is 0 Å². The zero-order valence-corrected chi connectivity index (χ0v) is 23.0. The number of nitrogens with two attached hydrogens (primary N) is 1. The molecule has 0 saturated heterocycles. The van der Waals surface area contributed by atoms with Crippen molar-refractivity contribution < 1.29 is 33.4 Å². The molecular formula is C25H47N3O7. The lowest BCUT2D eigenvalue weighted by Gasteiger charge is -2.28. The number of rotatable bonds is 13. The van der Waals surface area contributed by atoms with E-state index in [2.05, 4.69) is 10.6 Å². The predicted octanol–water partition coefficient (Wildman–Crippen LogP) is 3.35. The van der Waals surface area contributed by atoms with E-state index in [0.717, 1.165) is 0 Å². The molecule has 204 valence electrons. The monoisotopic (exact) mass is 501 g/mol. The molecule has 2 amide bonds. The zero-order chi connectivity index (χ0) is 27.4. The molecule has 0 heterocycles. The van der Waals surface area contributed by atoms with E-state index in [1.165, 1.54) is 0 Å². The van der Waals surface area contributed by atoms with Gasteiger partial charge in [-0.25, -0.2) is 14.4 Å². The summed E-state index contributed by atoms with van der Waals surface area (Å²) < 4.78 is 16.3. The van der Waals surface area contributed by atoms with E-state index in [1.807, 2.05) is 6.92 Å². The van der Waals surface area contributed by atoms with Crippen LogP contribution in [0.5, 0.6) is 0 Å². The lowest BCUT2D eigenvalue weighted by Crippen LogP contribution is -2.53. The second kappa shape index (κ2) is 14.3. The van der Waals surface area contributed by atoms with Crippen molar-refractivity contribution in [3.05, 3.63) is 0 Å². The van der Waals surface area contributed by atoms with Crippen molar-refractivity contribution in [2.24, 2.45) is 5.73 Å². The molecule has 10 nitrogen and oxygen atoms in total. The minimum Gasteiger partial charge on any atom is -0.460 e. The van der Waals surface area contributed by atoms with Gasteiger partial charge in [0.15, 0.2) is 0 Å². The second-order valence-corrected chi connectivity index (χ2v) is 11.2. The third kappa shape index (κ3) is 16.0. The number of amides is 2.